The maximum absolute atomic E-state index is 4.83. The van der Waals surface area contributed by atoms with Gasteiger partial charge in [-0.25, -0.2) is 0 Å². The van der Waals surface area contributed by atoms with Crippen molar-refractivity contribution in [1.29, 1.82) is 0 Å². The van der Waals surface area contributed by atoms with Gasteiger partial charge >= 0.3 is 0 Å². The average molecular weight is 175 g/mol. The van der Waals surface area contributed by atoms with Gasteiger partial charge in [-0.3, -0.25) is 0 Å². The van der Waals surface area contributed by atoms with E-state index >= 15 is 0 Å². The van der Waals surface area contributed by atoms with Gasteiger partial charge in [-0.05, 0) is 12.8 Å². The van der Waals surface area contributed by atoms with Gasteiger partial charge in [0.1, 0.15) is 4.32 Å². The largest absolute Gasteiger partial charge is 0.368 e. The van der Waals surface area contributed by atoms with Crippen LogP contribution in [0.3, 0.4) is 0 Å². The molecule has 3 heteroatoms. The number of hydrogen-bond donors (Lipinski definition) is 2. The van der Waals surface area contributed by atoms with Crippen molar-refractivity contribution >= 4 is 29.2 Å². The van der Waals surface area contributed by atoms with E-state index in [1.807, 2.05) is 0 Å². The second kappa shape index (κ2) is 4.19. The monoisotopic (exact) mass is 175 g/mol. The molecular weight excluding hydrogens is 162 g/mol. The van der Waals surface area contributed by atoms with Gasteiger partial charge in [0.2, 0.25) is 0 Å². The van der Waals surface area contributed by atoms with Crippen molar-refractivity contribution in [3.05, 3.63) is 0 Å². The van der Waals surface area contributed by atoms with Gasteiger partial charge in [0.25, 0.3) is 0 Å². The molecule has 0 spiro atoms. The summed E-state index contributed by atoms with van der Waals surface area (Å²) in [6, 6.07) is 0.610. The second-order valence-corrected chi connectivity index (χ2v) is 3.94. The van der Waals surface area contributed by atoms with E-state index in [0.29, 0.717) is 10.4 Å². The predicted molar refractivity (Wildman–Crippen MR) is 51.6 cm³/mol. The quantitative estimate of drug-likeness (QED) is 0.468. The Balaban J connectivity index is 2.19. The summed E-state index contributed by atoms with van der Waals surface area (Å²) < 4.78 is 0.645. The van der Waals surface area contributed by atoms with Gasteiger partial charge in [-0.15, -0.1) is 12.6 Å². The zero-order valence-electron chi connectivity index (χ0n) is 5.97. The molecule has 1 fully saturated rings. The summed E-state index contributed by atoms with van der Waals surface area (Å²) in [7, 11) is 0. The highest BCUT2D eigenvalue weighted by Crippen LogP contribution is 2.17. The highest BCUT2D eigenvalue weighted by molar-refractivity contribution is 8.11. The van der Waals surface area contributed by atoms with E-state index < -0.39 is 0 Å². The van der Waals surface area contributed by atoms with E-state index in [2.05, 4.69) is 17.9 Å². The van der Waals surface area contributed by atoms with Crippen LogP contribution in [-0.4, -0.2) is 10.4 Å². The molecule has 1 aliphatic rings. The molecule has 0 amide bonds. The van der Waals surface area contributed by atoms with Crippen LogP contribution in [0.5, 0.6) is 0 Å². The molecule has 1 saturated carbocycles. The van der Waals surface area contributed by atoms with Gasteiger partial charge in [-0.1, -0.05) is 31.5 Å². The Hall–Kier alpha value is 0.240. The van der Waals surface area contributed by atoms with Crippen molar-refractivity contribution in [3.63, 3.8) is 0 Å². The van der Waals surface area contributed by atoms with Crippen LogP contribution in [0.25, 0.3) is 0 Å². The van der Waals surface area contributed by atoms with Crippen LogP contribution in [0.15, 0.2) is 0 Å². The lowest BCUT2D eigenvalue weighted by atomic mass is 9.96. The molecular formula is C7H13NS2. The molecule has 0 saturated heterocycles. The lowest BCUT2D eigenvalue weighted by Gasteiger charge is -2.22. The van der Waals surface area contributed by atoms with Crippen LogP contribution < -0.4 is 5.32 Å². The molecule has 1 N–H and O–H groups in total. The Labute approximate surface area is 73.0 Å². The molecule has 0 heterocycles. The summed E-state index contributed by atoms with van der Waals surface area (Å²) >= 11 is 8.86. The number of hydrogen-bond acceptors (Lipinski definition) is 1. The van der Waals surface area contributed by atoms with E-state index in [0.717, 1.165) is 0 Å². The van der Waals surface area contributed by atoms with Gasteiger partial charge in [0, 0.05) is 6.04 Å². The molecule has 1 rings (SSSR count). The first-order valence-electron chi connectivity index (χ1n) is 3.78. The third-order valence-corrected chi connectivity index (χ3v) is 2.18. The van der Waals surface area contributed by atoms with Crippen molar-refractivity contribution in [1.82, 2.24) is 5.32 Å². The fourth-order valence-corrected chi connectivity index (χ4v) is 1.77. The molecule has 58 valence electrons. The van der Waals surface area contributed by atoms with E-state index in [4.69, 9.17) is 12.2 Å². The van der Waals surface area contributed by atoms with Crippen molar-refractivity contribution in [3.8, 4) is 0 Å². The third kappa shape index (κ3) is 2.88. The number of thiol groups is 1. The van der Waals surface area contributed by atoms with Crippen LogP contribution in [0.2, 0.25) is 0 Å². The van der Waals surface area contributed by atoms with Gasteiger partial charge in [-0.2, -0.15) is 0 Å². The Morgan fingerprint density at radius 1 is 1.30 bits per heavy atom. The van der Waals surface area contributed by atoms with Crippen LogP contribution in [-0.2, 0) is 0 Å². The molecule has 1 aliphatic carbocycles. The Morgan fingerprint density at radius 3 is 2.40 bits per heavy atom. The summed E-state index contributed by atoms with van der Waals surface area (Å²) in [5, 5.41) is 3.18. The normalized spacial score (nSPS) is 20.5. The summed E-state index contributed by atoms with van der Waals surface area (Å²) in [5.41, 5.74) is 0. The first kappa shape index (κ1) is 8.34. The van der Waals surface area contributed by atoms with Gasteiger partial charge in [0.15, 0.2) is 0 Å². The van der Waals surface area contributed by atoms with E-state index in [9.17, 15) is 0 Å². The second-order valence-electron chi connectivity index (χ2n) is 2.78. The Morgan fingerprint density at radius 2 is 1.90 bits per heavy atom. The first-order chi connectivity index (χ1) is 4.79. The molecule has 0 unspecified atom stereocenters. The fourth-order valence-electron chi connectivity index (χ4n) is 1.42. The number of rotatable bonds is 1. The molecule has 0 bridgehead atoms. The predicted octanol–water partition coefficient (Wildman–Crippen LogP) is 2.12. The maximum Gasteiger partial charge on any atom is 0.130 e. The van der Waals surface area contributed by atoms with Crippen LogP contribution in [0, 0.1) is 0 Å². The summed E-state index contributed by atoms with van der Waals surface area (Å²) in [6.07, 6.45) is 6.60. The minimum atomic E-state index is 0.610. The van der Waals surface area contributed by atoms with Crippen molar-refractivity contribution in [2.24, 2.45) is 0 Å². The molecule has 0 aliphatic heterocycles. The topological polar surface area (TPSA) is 12.0 Å². The highest BCUT2D eigenvalue weighted by Gasteiger charge is 2.12. The zero-order valence-corrected chi connectivity index (χ0v) is 7.68. The molecule has 0 aromatic heterocycles. The summed E-state index contributed by atoms with van der Waals surface area (Å²) in [4.78, 5) is 0. The van der Waals surface area contributed by atoms with Crippen molar-refractivity contribution < 1.29 is 0 Å². The van der Waals surface area contributed by atoms with Crippen molar-refractivity contribution in [2.75, 3.05) is 0 Å². The minimum Gasteiger partial charge on any atom is -0.368 e. The first-order valence-corrected chi connectivity index (χ1v) is 4.64. The average Bonchev–Trinajstić information content (AvgIpc) is 1.88. The smallest absolute Gasteiger partial charge is 0.130 e. The molecule has 1 nitrogen and oxygen atoms in total. The SMILES string of the molecule is S=C(S)NC1CCCCC1. The molecule has 0 atom stereocenters. The lowest BCUT2D eigenvalue weighted by molar-refractivity contribution is 0.416. The van der Waals surface area contributed by atoms with E-state index in [1.165, 1.54) is 32.1 Å². The molecule has 10 heavy (non-hydrogen) atoms. The van der Waals surface area contributed by atoms with Crippen LogP contribution in [0.1, 0.15) is 32.1 Å². The minimum absolute atomic E-state index is 0.610. The van der Waals surface area contributed by atoms with Crippen molar-refractivity contribution in [2.45, 2.75) is 38.1 Å². The molecule has 0 radical (unpaired) electrons. The zero-order chi connectivity index (χ0) is 7.40. The lowest BCUT2D eigenvalue weighted by Crippen LogP contribution is -2.32. The standard InChI is InChI=1S/C7H13NS2/c9-7(10)8-6-4-2-1-3-5-6/h6H,1-5H2,(H2,8,9,10). The van der Waals surface area contributed by atoms with Gasteiger partial charge in [0.05, 0.1) is 0 Å². The fraction of sp³-hybridized carbons (Fsp3) is 0.857. The third-order valence-electron chi connectivity index (χ3n) is 1.93. The van der Waals surface area contributed by atoms with E-state index in [1.54, 1.807) is 0 Å². The van der Waals surface area contributed by atoms with Gasteiger partial charge < -0.3 is 5.32 Å². The highest BCUT2D eigenvalue weighted by atomic mass is 32.1. The Kier molecular flexibility index (Phi) is 3.49. The number of nitrogens with one attached hydrogen (secondary N) is 1. The van der Waals surface area contributed by atoms with Crippen LogP contribution >= 0.6 is 24.8 Å². The summed E-state index contributed by atoms with van der Waals surface area (Å²) in [5.74, 6) is 0. The van der Waals surface area contributed by atoms with E-state index in [-0.39, 0.29) is 0 Å². The van der Waals surface area contributed by atoms with Crippen LogP contribution in [0.4, 0.5) is 0 Å². The number of thiocarbonyl (C=S) groups is 1. The molecule has 0 aromatic rings. The molecule has 0 aromatic carbocycles. The Bertz CT molecular complexity index is 119. The maximum atomic E-state index is 4.83. The summed E-state index contributed by atoms with van der Waals surface area (Å²) in [6.45, 7) is 0.